The van der Waals surface area contributed by atoms with Crippen molar-refractivity contribution < 1.29 is 0 Å². The molecule has 0 aliphatic rings. The van der Waals surface area contributed by atoms with Crippen LogP contribution in [0.2, 0.25) is 0 Å². The Morgan fingerprint density at radius 1 is 0.315 bits per heavy atom. The molecule has 0 saturated heterocycles. The van der Waals surface area contributed by atoms with Crippen LogP contribution in [0.1, 0.15) is 0 Å². The first-order valence-corrected chi connectivity index (χ1v) is 18.5. The topological polar surface area (TPSA) is 8.17 Å². The predicted octanol–water partition coefficient (Wildman–Crippen LogP) is 14.4. The number of anilines is 3. The lowest BCUT2D eigenvalue weighted by atomic mass is 9.90. The summed E-state index contributed by atoms with van der Waals surface area (Å²) in [6.07, 6.45) is 0. The fourth-order valence-corrected chi connectivity index (χ4v) is 8.05. The van der Waals surface area contributed by atoms with E-state index in [1.165, 1.54) is 71.6 Å². The predicted molar refractivity (Wildman–Crippen MR) is 229 cm³/mol. The van der Waals surface area contributed by atoms with Crippen molar-refractivity contribution in [3.63, 3.8) is 0 Å². The van der Waals surface area contributed by atoms with Crippen molar-refractivity contribution in [1.29, 1.82) is 0 Å². The summed E-state index contributed by atoms with van der Waals surface area (Å²) in [5.74, 6) is 0. The number of benzene rings is 9. The summed E-state index contributed by atoms with van der Waals surface area (Å²) >= 11 is 0. The van der Waals surface area contributed by atoms with Gasteiger partial charge in [-0.25, -0.2) is 0 Å². The number of nitrogens with zero attached hydrogens (tertiary/aromatic N) is 2. The molecule has 0 spiro atoms. The second-order valence-electron chi connectivity index (χ2n) is 13.8. The minimum Gasteiger partial charge on any atom is -0.311 e. The second-order valence-corrected chi connectivity index (χ2v) is 13.8. The molecule has 1 aromatic heterocycles. The molecular weight excluding hydrogens is 653 g/mol. The third-order valence-corrected chi connectivity index (χ3v) is 10.6. The number of hydrogen-bond acceptors (Lipinski definition) is 1. The Morgan fingerprint density at radius 3 is 1.57 bits per heavy atom. The van der Waals surface area contributed by atoms with E-state index in [1.807, 2.05) is 0 Å². The van der Waals surface area contributed by atoms with Crippen LogP contribution in [-0.2, 0) is 0 Å². The van der Waals surface area contributed by atoms with Crippen molar-refractivity contribution in [3.8, 4) is 39.1 Å². The molecule has 10 aromatic rings. The van der Waals surface area contributed by atoms with Crippen LogP contribution >= 0.6 is 0 Å². The van der Waals surface area contributed by atoms with Crippen molar-refractivity contribution in [1.82, 2.24) is 4.57 Å². The highest BCUT2D eigenvalue weighted by Crippen LogP contribution is 2.41. The molecule has 0 fully saturated rings. The first-order valence-electron chi connectivity index (χ1n) is 18.5. The zero-order valence-corrected chi connectivity index (χ0v) is 29.7. The van der Waals surface area contributed by atoms with E-state index in [0.717, 1.165) is 17.1 Å². The normalized spacial score (nSPS) is 11.3. The van der Waals surface area contributed by atoms with Gasteiger partial charge in [0.2, 0.25) is 0 Å². The third kappa shape index (κ3) is 5.53. The quantitative estimate of drug-likeness (QED) is 0.162. The highest BCUT2D eigenvalue weighted by molar-refractivity contribution is 6.10. The zero-order chi connectivity index (χ0) is 35.8. The summed E-state index contributed by atoms with van der Waals surface area (Å²) in [6.45, 7) is 0. The highest BCUT2D eigenvalue weighted by atomic mass is 15.1. The monoisotopic (exact) mass is 688 g/mol. The van der Waals surface area contributed by atoms with Crippen molar-refractivity contribution >= 4 is 49.6 Å². The van der Waals surface area contributed by atoms with E-state index in [1.54, 1.807) is 0 Å². The maximum absolute atomic E-state index is 2.36. The number of fused-ring (bicyclic) bond motifs is 4. The van der Waals surface area contributed by atoms with Gasteiger partial charge >= 0.3 is 0 Å². The Balaban J connectivity index is 1.03. The minimum absolute atomic E-state index is 1.11. The molecule has 9 aromatic carbocycles. The van der Waals surface area contributed by atoms with Crippen LogP contribution in [0.4, 0.5) is 17.1 Å². The van der Waals surface area contributed by atoms with Gasteiger partial charge in [0.25, 0.3) is 0 Å². The maximum atomic E-state index is 2.36. The summed E-state index contributed by atoms with van der Waals surface area (Å²) in [7, 11) is 0. The van der Waals surface area contributed by atoms with Crippen LogP contribution in [0.15, 0.2) is 218 Å². The molecular formula is C52H36N2. The molecule has 254 valence electrons. The molecule has 0 bridgehead atoms. The third-order valence-electron chi connectivity index (χ3n) is 10.6. The van der Waals surface area contributed by atoms with Gasteiger partial charge in [-0.1, -0.05) is 152 Å². The van der Waals surface area contributed by atoms with Crippen LogP contribution in [0.3, 0.4) is 0 Å². The van der Waals surface area contributed by atoms with Crippen LogP contribution < -0.4 is 4.90 Å². The lowest BCUT2D eigenvalue weighted by Gasteiger charge is -2.26. The molecule has 2 heteroatoms. The van der Waals surface area contributed by atoms with E-state index in [4.69, 9.17) is 0 Å². The lowest BCUT2D eigenvalue weighted by Crippen LogP contribution is -2.09. The van der Waals surface area contributed by atoms with Crippen LogP contribution in [0.25, 0.3) is 71.6 Å². The van der Waals surface area contributed by atoms with Gasteiger partial charge in [0.1, 0.15) is 0 Å². The lowest BCUT2D eigenvalue weighted by molar-refractivity contribution is 1.18. The summed E-state index contributed by atoms with van der Waals surface area (Å²) in [5.41, 5.74) is 14.2. The maximum Gasteiger partial charge on any atom is 0.0541 e. The van der Waals surface area contributed by atoms with E-state index < -0.39 is 0 Å². The smallest absolute Gasteiger partial charge is 0.0541 e. The van der Waals surface area contributed by atoms with Crippen molar-refractivity contribution in [2.24, 2.45) is 0 Å². The van der Waals surface area contributed by atoms with Crippen molar-refractivity contribution in [2.75, 3.05) is 4.90 Å². The molecule has 0 amide bonds. The molecule has 10 rings (SSSR count). The Hall–Kier alpha value is -7.16. The standard InChI is InChI=1S/C52H36N2/c1-4-15-40(16-5-1)52-46-21-11-10-14-38(46)28-34-47(52)39-26-32-45(33-27-39)53(42-17-6-2-7-18-42)44-30-24-37(25-31-44)41-29-35-51-49(36-41)48-22-12-13-23-50(48)54(51)43-19-8-3-9-20-43/h1-36H. The number of para-hydroxylation sites is 3. The molecule has 0 unspecified atom stereocenters. The van der Waals surface area contributed by atoms with Gasteiger partial charge in [0.15, 0.2) is 0 Å². The van der Waals surface area contributed by atoms with Crippen molar-refractivity contribution in [2.45, 2.75) is 0 Å². The van der Waals surface area contributed by atoms with E-state index in [9.17, 15) is 0 Å². The van der Waals surface area contributed by atoms with E-state index in [2.05, 4.69) is 228 Å². The fraction of sp³-hybridized carbons (Fsp3) is 0. The van der Waals surface area contributed by atoms with Gasteiger partial charge in [0, 0.05) is 33.5 Å². The summed E-state index contributed by atoms with van der Waals surface area (Å²) < 4.78 is 2.36. The second kappa shape index (κ2) is 13.4. The molecule has 0 N–H and O–H groups in total. The molecule has 0 atom stereocenters. The van der Waals surface area contributed by atoms with Gasteiger partial charge in [-0.2, -0.15) is 0 Å². The van der Waals surface area contributed by atoms with Gasteiger partial charge < -0.3 is 9.47 Å². The SMILES string of the molecule is c1ccc(-c2c(-c3ccc(N(c4ccccc4)c4ccc(-c5ccc6c(c5)c5ccccc5n6-c5ccccc5)cc4)cc3)ccc3ccccc23)cc1. The number of rotatable bonds is 7. The Labute approximate surface area is 315 Å². The van der Waals surface area contributed by atoms with E-state index in [-0.39, 0.29) is 0 Å². The number of hydrogen-bond donors (Lipinski definition) is 0. The zero-order valence-electron chi connectivity index (χ0n) is 29.7. The average molecular weight is 689 g/mol. The molecule has 0 radical (unpaired) electrons. The molecule has 0 aliphatic carbocycles. The van der Waals surface area contributed by atoms with E-state index in [0.29, 0.717) is 0 Å². The van der Waals surface area contributed by atoms with Crippen molar-refractivity contribution in [3.05, 3.63) is 218 Å². The highest BCUT2D eigenvalue weighted by Gasteiger charge is 2.17. The van der Waals surface area contributed by atoms with Gasteiger partial charge in [-0.3, -0.25) is 0 Å². The Morgan fingerprint density at radius 2 is 0.852 bits per heavy atom. The molecule has 2 nitrogen and oxygen atoms in total. The molecule has 54 heavy (non-hydrogen) atoms. The minimum atomic E-state index is 1.11. The number of aromatic nitrogens is 1. The molecule has 1 heterocycles. The molecule has 0 saturated carbocycles. The van der Waals surface area contributed by atoms with Gasteiger partial charge in [0.05, 0.1) is 11.0 Å². The molecule has 0 aliphatic heterocycles. The summed E-state index contributed by atoms with van der Waals surface area (Å²) in [4.78, 5) is 2.34. The Bertz CT molecular complexity index is 2890. The first kappa shape index (κ1) is 31.6. The van der Waals surface area contributed by atoms with Crippen LogP contribution in [-0.4, -0.2) is 4.57 Å². The fourth-order valence-electron chi connectivity index (χ4n) is 8.05. The van der Waals surface area contributed by atoms with Crippen LogP contribution in [0, 0.1) is 0 Å². The van der Waals surface area contributed by atoms with E-state index >= 15 is 0 Å². The summed E-state index contributed by atoms with van der Waals surface area (Å²) in [5, 5.41) is 5.02. The van der Waals surface area contributed by atoms with Gasteiger partial charge in [-0.05, 0) is 111 Å². The largest absolute Gasteiger partial charge is 0.311 e. The van der Waals surface area contributed by atoms with Gasteiger partial charge in [-0.15, -0.1) is 0 Å². The first-order chi connectivity index (χ1) is 26.8. The average Bonchev–Trinajstić information content (AvgIpc) is 3.58. The van der Waals surface area contributed by atoms with Crippen LogP contribution in [0.5, 0.6) is 0 Å². The summed E-state index contributed by atoms with van der Waals surface area (Å²) in [6, 6.07) is 78.7. The Kier molecular flexibility index (Phi) is 7.85.